The normalized spacial score (nSPS) is 19.1. The smallest absolute Gasteiger partial charge is 0.237 e. The molecule has 136 valence electrons. The van der Waals surface area contributed by atoms with Crippen LogP contribution in [0.2, 0.25) is 0 Å². The van der Waals surface area contributed by atoms with Gasteiger partial charge in [-0.25, -0.2) is 0 Å². The van der Waals surface area contributed by atoms with E-state index < -0.39 is 0 Å². The summed E-state index contributed by atoms with van der Waals surface area (Å²) in [5.41, 5.74) is 7.34. The predicted molar refractivity (Wildman–Crippen MR) is 101 cm³/mol. The van der Waals surface area contributed by atoms with Crippen molar-refractivity contribution >= 4 is 11.7 Å². The van der Waals surface area contributed by atoms with Crippen molar-refractivity contribution in [1.82, 2.24) is 10.6 Å². The van der Waals surface area contributed by atoms with E-state index in [0.717, 1.165) is 6.42 Å². The molecule has 2 unspecified atom stereocenters. The zero-order chi connectivity index (χ0) is 18.4. The molecule has 0 bridgehead atoms. The van der Waals surface area contributed by atoms with E-state index in [1.165, 1.54) is 5.56 Å². The van der Waals surface area contributed by atoms with Crippen molar-refractivity contribution in [2.75, 3.05) is 13.1 Å². The van der Waals surface area contributed by atoms with E-state index in [1.54, 1.807) is 12.1 Å². The predicted octanol–water partition coefficient (Wildman–Crippen LogP) is 1.44. The molecule has 1 saturated heterocycles. The first-order valence-corrected chi connectivity index (χ1v) is 8.78. The molecule has 6 heteroatoms. The van der Waals surface area contributed by atoms with Gasteiger partial charge in [-0.2, -0.15) is 0 Å². The second-order valence-electron chi connectivity index (χ2n) is 6.40. The number of hydrogen-bond acceptors (Lipinski definition) is 4. The van der Waals surface area contributed by atoms with Crippen molar-refractivity contribution < 1.29 is 9.53 Å². The molecule has 0 radical (unpaired) electrons. The SMILES string of the molecule is N=C(N)c1cccc(OC2CNC(C(=O)NCCc3ccccc3)C2)c1. The summed E-state index contributed by atoms with van der Waals surface area (Å²) in [6.45, 7) is 1.23. The molecule has 1 heterocycles. The van der Waals surface area contributed by atoms with Gasteiger partial charge < -0.3 is 21.1 Å². The number of hydrogen-bond donors (Lipinski definition) is 4. The Balaban J connectivity index is 1.45. The highest BCUT2D eigenvalue weighted by Crippen LogP contribution is 2.19. The van der Waals surface area contributed by atoms with E-state index in [4.69, 9.17) is 15.9 Å². The summed E-state index contributed by atoms with van der Waals surface area (Å²) >= 11 is 0. The topological polar surface area (TPSA) is 100 Å². The molecule has 1 fully saturated rings. The highest BCUT2D eigenvalue weighted by molar-refractivity contribution is 5.95. The number of nitrogen functional groups attached to an aromatic ring is 1. The Bertz CT molecular complexity index is 763. The Kier molecular flexibility index (Phi) is 5.86. The van der Waals surface area contributed by atoms with Crippen molar-refractivity contribution in [3.8, 4) is 5.75 Å². The van der Waals surface area contributed by atoms with Gasteiger partial charge in [0.2, 0.25) is 5.91 Å². The van der Waals surface area contributed by atoms with E-state index in [0.29, 0.717) is 30.8 Å². The van der Waals surface area contributed by atoms with Gasteiger partial charge in [0, 0.05) is 25.1 Å². The third-order valence-corrected chi connectivity index (χ3v) is 4.41. The van der Waals surface area contributed by atoms with Gasteiger partial charge in [-0.05, 0) is 24.1 Å². The van der Waals surface area contributed by atoms with E-state index in [2.05, 4.69) is 22.8 Å². The minimum absolute atomic E-state index is 0.00418. The molecule has 0 aliphatic carbocycles. The monoisotopic (exact) mass is 352 g/mol. The van der Waals surface area contributed by atoms with E-state index in [-0.39, 0.29) is 23.9 Å². The summed E-state index contributed by atoms with van der Waals surface area (Å²) in [4.78, 5) is 12.3. The molecule has 1 amide bonds. The lowest BCUT2D eigenvalue weighted by atomic mass is 10.1. The molecule has 0 aromatic heterocycles. The Labute approximate surface area is 153 Å². The highest BCUT2D eigenvalue weighted by Gasteiger charge is 2.30. The van der Waals surface area contributed by atoms with Crippen LogP contribution in [0.15, 0.2) is 54.6 Å². The van der Waals surface area contributed by atoms with Crippen LogP contribution in [-0.4, -0.2) is 37.0 Å². The summed E-state index contributed by atoms with van der Waals surface area (Å²) in [7, 11) is 0. The molecule has 5 N–H and O–H groups in total. The third kappa shape index (κ3) is 4.83. The van der Waals surface area contributed by atoms with Crippen LogP contribution in [0.5, 0.6) is 5.75 Å². The van der Waals surface area contributed by atoms with Crippen LogP contribution in [0.25, 0.3) is 0 Å². The largest absolute Gasteiger partial charge is 0.489 e. The van der Waals surface area contributed by atoms with Crippen LogP contribution in [-0.2, 0) is 11.2 Å². The maximum atomic E-state index is 12.3. The first-order valence-electron chi connectivity index (χ1n) is 8.78. The van der Waals surface area contributed by atoms with Crippen molar-refractivity contribution in [2.45, 2.75) is 25.0 Å². The number of nitrogens with two attached hydrogens (primary N) is 1. The number of carbonyl (C=O) groups excluding carboxylic acids is 1. The minimum Gasteiger partial charge on any atom is -0.489 e. The van der Waals surface area contributed by atoms with E-state index in [9.17, 15) is 4.79 Å². The summed E-state index contributed by atoms with van der Waals surface area (Å²) < 4.78 is 5.93. The summed E-state index contributed by atoms with van der Waals surface area (Å²) in [5, 5.41) is 13.7. The number of amides is 1. The van der Waals surface area contributed by atoms with Crippen LogP contribution in [0.4, 0.5) is 0 Å². The molecule has 6 nitrogen and oxygen atoms in total. The zero-order valence-corrected chi connectivity index (χ0v) is 14.6. The van der Waals surface area contributed by atoms with Gasteiger partial charge in [0.05, 0.1) is 6.04 Å². The van der Waals surface area contributed by atoms with Gasteiger partial charge in [-0.1, -0.05) is 42.5 Å². The van der Waals surface area contributed by atoms with Gasteiger partial charge >= 0.3 is 0 Å². The lowest BCUT2D eigenvalue weighted by Gasteiger charge is -2.14. The van der Waals surface area contributed by atoms with Crippen molar-refractivity contribution in [1.29, 1.82) is 5.41 Å². The maximum Gasteiger partial charge on any atom is 0.237 e. The summed E-state index contributed by atoms with van der Waals surface area (Å²) in [6, 6.07) is 17.0. The van der Waals surface area contributed by atoms with Gasteiger partial charge in [-0.15, -0.1) is 0 Å². The highest BCUT2D eigenvalue weighted by atomic mass is 16.5. The fraction of sp³-hybridized carbons (Fsp3) is 0.300. The van der Waals surface area contributed by atoms with Crippen LogP contribution in [0.1, 0.15) is 17.5 Å². The molecule has 3 rings (SSSR count). The van der Waals surface area contributed by atoms with Gasteiger partial charge in [0.25, 0.3) is 0 Å². The Morgan fingerprint density at radius 1 is 1.23 bits per heavy atom. The summed E-state index contributed by atoms with van der Waals surface area (Å²) in [6.07, 6.45) is 1.35. The second-order valence-corrected chi connectivity index (χ2v) is 6.40. The molecule has 2 aromatic carbocycles. The fourth-order valence-electron chi connectivity index (χ4n) is 3.02. The van der Waals surface area contributed by atoms with Crippen LogP contribution in [0.3, 0.4) is 0 Å². The Morgan fingerprint density at radius 3 is 2.81 bits per heavy atom. The summed E-state index contributed by atoms with van der Waals surface area (Å²) in [5.74, 6) is 0.676. The molecule has 26 heavy (non-hydrogen) atoms. The standard InChI is InChI=1S/C20H24N4O2/c21-19(22)15-7-4-8-16(11-15)26-17-12-18(24-13-17)20(25)23-10-9-14-5-2-1-3-6-14/h1-8,11,17-18,24H,9-10,12-13H2,(H3,21,22)(H,23,25). The molecular weight excluding hydrogens is 328 g/mol. The Hall–Kier alpha value is -2.86. The van der Waals surface area contributed by atoms with Gasteiger partial charge in [-0.3, -0.25) is 10.2 Å². The number of carbonyl (C=O) groups is 1. The van der Waals surface area contributed by atoms with Gasteiger partial charge in [0.15, 0.2) is 0 Å². The van der Waals surface area contributed by atoms with E-state index in [1.807, 2.05) is 30.3 Å². The Morgan fingerprint density at radius 2 is 2.04 bits per heavy atom. The fourth-order valence-corrected chi connectivity index (χ4v) is 3.02. The lowest BCUT2D eigenvalue weighted by molar-refractivity contribution is -0.122. The number of ether oxygens (including phenoxy) is 1. The quantitative estimate of drug-likeness (QED) is 0.447. The number of nitrogens with one attached hydrogen (secondary N) is 3. The third-order valence-electron chi connectivity index (χ3n) is 4.41. The van der Waals surface area contributed by atoms with Crippen molar-refractivity contribution in [2.24, 2.45) is 5.73 Å². The number of amidine groups is 1. The molecular formula is C20H24N4O2. The maximum absolute atomic E-state index is 12.3. The van der Waals surface area contributed by atoms with E-state index >= 15 is 0 Å². The lowest BCUT2D eigenvalue weighted by Crippen LogP contribution is -2.41. The number of rotatable bonds is 7. The first-order chi connectivity index (χ1) is 12.6. The number of benzene rings is 2. The van der Waals surface area contributed by atoms with Gasteiger partial charge in [0.1, 0.15) is 17.7 Å². The molecule has 0 spiro atoms. The van der Waals surface area contributed by atoms with Crippen LogP contribution >= 0.6 is 0 Å². The zero-order valence-electron chi connectivity index (χ0n) is 14.6. The van der Waals surface area contributed by atoms with Crippen LogP contribution in [0, 0.1) is 5.41 Å². The van der Waals surface area contributed by atoms with Crippen molar-refractivity contribution in [3.05, 3.63) is 65.7 Å². The molecule has 1 aliphatic heterocycles. The van der Waals surface area contributed by atoms with Crippen LogP contribution < -0.4 is 21.1 Å². The average Bonchev–Trinajstić information content (AvgIpc) is 3.11. The molecule has 2 aromatic rings. The molecule has 1 aliphatic rings. The minimum atomic E-state index is -0.244. The molecule has 0 saturated carbocycles. The first kappa shape index (κ1) is 17.9. The average molecular weight is 352 g/mol. The molecule has 2 atom stereocenters. The second kappa shape index (κ2) is 8.49. The van der Waals surface area contributed by atoms with Crippen molar-refractivity contribution in [3.63, 3.8) is 0 Å².